The third-order valence-electron chi connectivity index (χ3n) is 4.72. The number of aliphatic imine (C=N–C) groups is 1. The van der Waals surface area contributed by atoms with Crippen LogP contribution < -0.4 is 21.8 Å². The maximum atomic E-state index is 12.7. The Balaban J connectivity index is 2.72. The Labute approximate surface area is 170 Å². The van der Waals surface area contributed by atoms with E-state index in [4.69, 9.17) is 5.73 Å². The SMILES string of the molecule is CC(C)C[C@H](NC(=O)[C@H](CCCN=C(N)N[N+](=O)[O-])NC(=O)C1(C)CC1)B(O)O. The van der Waals surface area contributed by atoms with Crippen LogP contribution in [0, 0.1) is 21.4 Å². The van der Waals surface area contributed by atoms with Gasteiger partial charge < -0.3 is 26.4 Å². The Bertz CT molecular complexity index is 625. The van der Waals surface area contributed by atoms with Crippen molar-refractivity contribution in [3.63, 3.8) is 0 Å². The summed E-state index contributed by atoms with van der Waals surface area (Å²) in [6, 6.07) is -0.895. The molecule has 0 aromatic rings. The summed E-state index contributed by atoms with van der Waals surface area (Å²) < 4.78 is 0. The van der Waals surface area contributed by atoms with Crippen LogP contribution in [-0.4, -0.2) is 58.5 Å². The van der Waals surface area contributed by atoms with Gasteiger partial charge in [-0.1, -0.05) is 26.2 Å². The Morgan fingerprint density at radius 3 is 2.41 bits per heavy atom. The second-order valence-corrected chi connectivity index (χ2v) is 8.02. The smallest absolute Gasteiger partial charge is 0.426 e. The molecule has 1 aliphatic carbocycles. The molecule has 164 valence electrons. The molecule has 1 rings (SSSR count). The van der Waals surface area contributed by atoms with Crippen molar-refractivity contribution in [3.05, 3.63) is 10.1 Å². The Kier molecular flexibility index (Phi) is 9.30. The van der Waals surface area contributed by atoms with Crippen LogP contribution in [0.4, 0.5) is 0 Å². The van der Waals surface area contributed by atoms with Crippen LogP contribution >= 0.6 is 0 Å². The van der Waals surface area contributed by atoms with Crippen LogP contribution in [0.1, 0.15) is 52.9 Å². The number of nitro groups is 1. The number of nitrogens with one attached hydrogen (secondary N) is 3. The van der Waals surface area contributed by atoms with Crippen LogP contribution in [0.2, 0.25) is 0 Å². The number of carbonyl (C=O) groups is 2. The summed E-state index contributed by atoms with van der Waals surface area (Å²) in [6.45, 7) is 5.69. The van der Waals surface area contributed by atoms with Crippen molar-refractivity contribution in [3.8, 4) is 0 Å². The van der Waals surface area contributed by atoms with Crippen LogP contribution in [0.3, 0.4) is 0 Å². The molecule has 0 radical (unpaired) electrons. The number of hydrogen-bond donors (Lipinski definition) is 6. The fourth-order valence-corrected chi connectivity index (χ4v) is 2.69. The summed E-state index contributed by atoms with van der Waals surface area (Å²) >= 11 is 0. The number of nitrogens with zero attached hydrogens (tertiary/aromatic N) is 2. The molecule has 7 N–H and O–H groups in total. The highest BCUT2D eigenvalue weighted by atomic mass is 16.7. The topological polar surface area (TPSA) is 192 Å². The lowest BCUT2D eigenvalue weighted by atomic mass is 9.75. The van der Waals surface area contributed by atoms with Crippen molar-refractivity contribution in [2.45, 2.75) is 64.9 Å². The van der Waals surface area contributed by atoms with Gasteiger partial charge in [0.05, 0.1) is 5.94 Å². The van der Waals surface area contributed by atoms with E-state index in [1.807, 2.05) is 20.8 Å². The molecule has 0 heterocycles. The Hall–Kier alpha value is -2.41. The highest BCUT2D eigenvalue weighted by Crippen LogP contribution is 2.45. The van der Waals surface area contributed by atoms with E-state index in [0.717, 1.165) is 12.8 Å². The summed E-state index contributed by atoms with van der Waals surface area (Å²) in [5.41, 5.74) is 6.57. The van der Waals surface area contributed by atoms with Crippen LogP contribution in [0.5, 0.6) is 0 Å². The van der Waals surface area contributed by atoms with Crippen LogP contribution in [-0.2, 0) is 9.59 Å². The normalized spacial score (nSPS) is 17.2. The minimum absolute atomic E-state index is 0.113. The van der Waals surface area contributed by atoms with Gasteiger partial charge >= 0.3 is 7.12 Å². The molecule has 2 atom stereocenters. The molecule has 1 fully saturated rings. The summed E-state index contributed by atoms with van der Waals surface area (Å²) in [6.07, 6.45) is 2.37. The molecule has 1 saturated carbocycles. The predicted octanol–water partition coefficient (Wildman–Crippen LogP) is -1.31. The standard InChI is InChI=1S/C16H31BN6O6/c1-10(2)9-12(17(26)27)21-13(24)11(20-14(25)16(3)6-7-16)5-4-8-19-15(18)22-23(28)29/h10-12,26-27H,4-9H2,1-3H3,(H,20,25)(H,21,24)(H3,18,19,22)/t11-,12-/m0/s1. The lowest BCUT2D eigenvalue weighted by Gasteiger charge is -2.25. The number of nitrogens with two attached hydrogens (primary N) is 1. The highest BCUT2D eigenvalue weighted by molar-refractivity contribution is 6.43. The monoisotopic (exact) mass is 414 g/mol. The summed E-state index contributed by atoms with van der Waals surface area (Å²) in [7, 11) is -1.73. The van der Waals surface area contributed by atoms with Crippen LogP contribution in [0.15, 0.2) is 4.99 Å². The highest BCUT2D eigenvalue weighted by Gasteiger charge is 2.46. The number of rotatable bonds is 12. The fourth-order valence-electron chi connectivity index (χ4n) is 2.69. The lowest BCUT2D eigenvalue weighted by molar-refractivity contribution is -0.525. The maximum absolute atomic E-state index is 12.7. The van der Waals surface area contributed by atoms with E-state index >= 15 is 0 Å². The van der Waals surface area contributed by atoms with Crippen molar-refractivity contribution >= 4 is 24.9 Å². The molecule has 0 saturated heterocycles. The lowest BCUT2D eigenvalue weighted by Crippen LogP contribution is -2.55. The number of hydrogen-bond acceptors (Lipinski definition) is 7. The fraction of sp³-hybridized carbons (Fsp3) is 0.812. The average Bonchev–Trinajstić information content (AvgIpc) is 3.34. The van der Waals surface area contributed by atoms with Gasteiger partial charge in [0.1, 0.15) is 6.04 Å². The van der Waals surface area contributed by atoms with E-state index in [-0.39, 0.29) is 30.8 Å². The Morgan fingerprint density at radius 2 is 1.93 bits per heavy atom. The molecular formula is C16H31BN6O6. The third kappa shape index (κ3) is 9.09. The zero-order valence-corrected chi connectivity index (χ0v) is 17.1. The Morgan fingerprint density at radius 1 is 1.31 bits per heavy atom. The molecule has 0 aromatic heterocycles. The first-order chi connectivity index (χ1) is 13.4. The molecule has 0 bridgehead atoms. The molecule has 1 aliphatic rings. The van der Waals surface area contributed by atoms with Gasteiger partial charge in [-0.2, -0.15) is 0 Å². The molecule has 0 aromatic carbocycles. The van der Waals surface area contributed by atoms with Crippen molar-refractivity contribution in [2.24, 2.45) is 22.1 Å². The zero-order chi connectivity index (χ0) is 22.2. The second-order valence-electron chi connectivity index (χ2n) is 8.02. The van der Waals surface area contributed by atoms with E-state index < -0.39 is 35.5 Å². The molecule has 0 unspecified atom stereocenters. The van der Waals surface area contributed by atoms with Crippen LogP contribution in [0.25, 0.3) is 0 Å². The first kappa shape index (κ1) is 24.6. The van der Waals surface area contributed by atoms with Gasteiger partial charge in [0.2, 0.25) is 11.8 Å². The number of carbonyl (C=O) groups excluding carboxylic acids is 2. The van der Waals surface area contributed by atoms with Gasteiger partial charge in [0.25, 0.3) is 5.96 Å². The zero-order valence-electron chi connectivity index (χ0n) is 17.1. The van der Waals surface area contributed by atoms with E-state index in [9.17, 15) is 29.8 Å². The molecule has 13 heteroatoms. The van der Waals surface area contributed by atoms with Gasteiger partial charge in [-0.25, -0.2) is 15.1 Å². The number of hydrazine groups is 1. The van der Waals surface area contributed by atoms with Crippen molar-refractivity contribution in [1.29, 1.82) is 0 Å². The molecule has 29 heavy (non-hydrogen) atoms. The summed E-state index contributed by atoms with van der Waals surface area (Å²) in [5, 5.41) is 33.8. The van der Waals surface area contributed by atoms with Gasteiger partial charge in [-0.15, -0.1) is 0 Å². The van der Waals surface area contributed by atoms with Gasteiger partial charge in [-0.3, -0.25) is 9.59 Å². The second kappa shape index (κ2) is 11.0. The van der Waals surface area contributed by atoms with E-state index in [2.05, 4.69) is 15.6 Å². The van der Waals surface area contributed by atoms with Gasteiger partial charge in [0, 0.05) is 12.0 Å². The predicted molar refractivity (Wildman–Crippen MR) is 107 cm³/mol. The van der Waals surface area contributed by atoms with Gasteiger partial charge in [-0.05, 0) is 38.0 Å². The van der Waals surface area contributed by atoms with E-state index in [1.54, 1.807) is 5.43 Å². The molecular weight excluding hydrogens is 383 g/mol. The number of amides is 2. The van der Waals surface area contributed by atoms with Crippen molar-refractivity contribution in [1.82, 2.24) is 16.1 Å². The molecule has 0 aliphatic heterocycles. The van der Waals surface area contributed by atoms with Crippen molar-refractivity contribution < 1.29 is 24.7 Å². The van der Waals surface area contributed by atoms with Crippen molar-refractivity contribution in [2.75, 3.05) is 6.54 Å². The maximum Gasteiger partial charge on any atom is 0.475 e. The summed E-state index contributed by atoms with van der Waals surface area (Å²) in [4.78, 5) is 39.1. The average molecular weight is 414 g/mol. The largest absolute Gasteiger partial charge is 0.475 e. The van der Waals surface area contributed by atoms with E-state index in [0.29, 0.717) is 12.8 Å². The quantitative estimate of drug-likeness (QED) is 0.0566. The molecule has 0 spiro atoms. The molecule has 2 amide bonds. The number of guanidine groups is 1. The summed E-state index contributed by atoms with van der Waals surface area (Å²) in [5.74, 6) is -1.86. The molecule has 12 nitrogen and oxygen atoms in total. The first-order valence-electron chi connectivity index (χ1n) is 9.63. The third-order valence-corrected chi connectivity index (χ3v) is 4.72. The van der Waals surface area contributed by atoms with E-state index in [1.165, 1.54) is 0 Å². The minimum Gasteiger partial charge on any atom is -0.426 e. The first-order valence-corrected chi connectivity index (χ1v) is 9.63. The van der Waals surface area contributed by atoms with Gasteiger partial charge in [0.15, 0.2) is 5.03 Å². The minimum atomic E-state index is -1.73.